The molecule has 0 atom stereocenters. The van der Waals surface area contributed by atoms with Gasteiger partial charge in [0.2, 0.25) is 5.91 Å². The predicted molar refractivity (Wildman–Crippen MR) is 52.1 cm³/mol. The number of primary amides is 1. The Morgan fingerprint density at radius 1 is 1.77 bits per heavy atom. The summed E-state index contributed by atoms with van der Waals surface area (Å²) in [5.74, 6) is -0.329. The van der Waals surface area contributed by atoms with Crippen molar-refractivity contribution in [3.63, 3.8) is 0 Å². The molecule has 0 fully saturated rings. The number of amides is 1. The van der Waals surface area contributed by atoms with E-state index in [-0.39, 0.29) is 12.5 Å². The Bertz CT molecular complexity index is 358. The third-order valence-corrected chi connectivity index (χ3v) is 2.66. The number of hydrogen-bond donors (Lipinski definition) is 1. The van der Waals surface area contributed by atoms with E-state index < -0.39 is 0 Å². The first-order valence-electron chi connectivity index (χ1n) is 3.88. The quantitative estimate of drug-likeness (QED) is 0.755. The molecule has 0 saturated heterocycles. The molecule has 0 radical (unpaired) electrons. The molecule has 1 aromatic rings. The number of hydrogen-bond acceptors (Lipinski definition) is 4. The van der Waals surface area contributed by atoms with Crippen molar-refractivity contribution in [2.45, 2.75) is 6.54 Å². The van der Waals surface area contributed by atoms with Gasteiger partial charge in [0.1, 0.15) is 5.00 Å². The predicted octanol–water partition coefficient (Wildman–Crippen LogP) is 0.709. The highest BCUT2D eigenvalue weighted by Gasteiger charge is 2.13. The van der Waals surface area contributed by atoms with Crippen molar-refractivity contribution in [2.75, 3.05) is 6.54 Å². The summed E-state index contributed by atoms with van der Waals surface area (Å²) < 4.78 is 0. The number of fused-ring (bicyclic) bond motifs is 1. The van der Waals surface area contributed by atoms with E-state index >= 15 is 0 Å². The van der Waals surface area contributed by atoms with Crippen LogP contribution in [0.25, 0.3) is 0 Å². The number of carbonyl (C=O) groups is 1. The molecule has 0 aliphatic carbocycles. The number of nitrogens with zero attached hydrogens (tertiary/aromatic N) is 2. The maximum atomic E-state index is 10.6. The Labute approximate surface area is 79.7 Å². The molecular formula is C8H9N3OS. The summed E-state index contributed by atoms with van der Waals surface area (Å²) in [7, 11) is 0. The number of thiophene rings is 1. The third-order valence-electron chi connectivity index (χ3n) is 1.79. The van der Waals surface area contributed by atoms with Crippen LogP contribution in [-0.2, 0) is 11.3 Å². The number of aliphatic imine (C=N–C) groups is 1. The minimum atomic E-state index is -0.329. The van der Waals surface area contributed by atoms with Crippen molar-refractivity contribution in [2.24, 2.45) is 10.7 Å². The molecule has 1 aromatic heterocycles. The lowest BCUT2D eigenvalue weighted by Gasteiger charge is -2.20. The average Bonchev–Trinajstić information content (AvgIpc) is 2.49. The van der Waals surface area contributed by atoms with Crippen LogP contribution < -0.4 is 5.73 Å². The molecule has 0 aromatic carbocycles. The van der Waals surface area contributed by atoms with Gasteiger partial charge in [-0.1, -0.05) is 0 Å². The van der Waals surface area contributed by atoms with E-state index in [1.54, 1.807) is 22.6 Å². The summed E-state index contributed by atoms with van der Waals surface area (Å²) in [5, 5.41) is 3.02. The van der Waals surface area contributed by atoms with E-state index in [9.17, 15) is 4.79 Å². The highest BCUT2D eigenvalue weighted by molar-refractivity contribution is 7.14. The molecule has 5 heteroatoms. The summed E-state index contributed by atoms with van der Waals surface area (Å²) in [6, 6.07) is 2.02. The largest absolute Gasteiger partial charge is 0.368 e. The average molecular weight is 195 g/mol. The van der Waals surface area contributed by atoms with E-state index in [1.807, 2.05) is 11.4 Å². The van der Waals surface area contributed by atoms with Crippen molar-refractivity contribution in [3.8, 4) is 0 Å². The minimum Gasteiger partial charge on any atom is -0.368 e. The van der Waals surface area contributed by atoms with Gasteiger partial charge in [0.25, 0.3) is 0 Å². The van der Waals surface area contributed by atoms with Crippen LogP contribution in [0.2, 0.25) is 0 Å². The molecule has 1 amide bonds. The van der Waals surface area contributed by atoms with Crippen LogP contribution in [0, 0.1) is 0 Å². The Balaban J connectivity index is 2.12. The summed E-state index contributed by atoms with van der Waals surface area (Å²) in [6.07, 6.45) is 1.67. The molecule has 0 unspecified atom stereocenters. The van der Waals surface area contributed by atoms with Crippen LogP contribution in [0.5, 0.6) is 0 Å². The van der Waals surface area contributed by atoms with Crippen LogP contribution in [0.15, 0.2) is 16.4 Å². The fraction of sp³-hybridized carbons (Fsp3) is 0.250. The zero-order valence-corrected chi connectivity index (χ0v) is 7.75. The molecule has 1 aliphatic rings. The lowest BCUT2D eigenvalue weighted by molar-refractivity contribution is -0.118. The first-order chi connectivity index (χ1) is 6.25. The van der Waals surface area contributed by atoms with Crippen molar-refractivity contribution in [1.29, 1.82) is 0 Å². The Morgan fingerprint density at radius 3 is 3.38 bits per heavy atom. The van der Waals surface area contributed by atoms with Gasteiger partial charge in [-0.15, -0.1) is 11.3 Å². The number of rotatable bonds is 2. The van der Waals surface area contributed by atoms with Gasteiger partial charge in [-0.25, -0.2) is 4.99 Å². The van der Waals surface area contributed by atoms with E-state index in [1.165, 1.54) is 0 Å². The van der Waals surface area contributed by atoms with Gasteiger partial charge in [0.15, 0.2) is 0 Å². The maximum absolute atomic E-state index is 10.6. The second-order valence-corrected chi connectivity index (χ2v) is 3.76. The zero-order valence-electron chi connectivity index (χ0n) is 6.93. The second kappa shape index (κ2) is 3.18. The molecule has 0 bridgehead atoms. The highest BCUT2D eigenvalue weighted by Crippen LogP contribution is 2.29. The van der Waals surface area contributed by atoms with Gasteiger partial charge in [-0.05, 0) is 11.4 Å². The minimum absolute atomic E-state index is 0.235. The van der Waals surface area contributed by atoms with Crippen molar-refractivity contribution in [1.82, 2.24) is 4.90 Å². The molecule has 0 saturated carbocycles. The topological polar surface area (TPSA) is 58.7 Å². The normalized spacial score (nSPS) is 14.3. The lowest BCUT2D eigenvalue weighted by atomic mass is 10.3. The first kappa shape index (κ1) is 8.25. The molecular weight excluding hydrogens is 186 g/mol. The fourth-order valence-corrected chi connectivity index (χ4v) is 2.01. The smallest absolute Gasteiger partial charge is 0.236 e. The van der Waals surface area contributed by atoms with Gasteiger partial charge in [0, 0.05) is 12.1 Å². The van der Waals surface area contributed by atoms with Gasteiger partial charge in [0.05, 0.1) is 12.9 Å². The van der Waals surface area contributed by atoms with Crippen molar-refractivity contribution < 1.29 is 4.79 Å². The first-order valence-corrected chi connectivity index (χ1v) is 4.76. The second-order valence-electron chi connectivity index (χ2n) is 2.87. The highest BCUT2D eigenvalue weighted by atomic mass is 32.1. The molecule has 0 spiro atoms. The standard InChI is InChI=1S/C8H9N3OS/c9-7(12)4-11-3-6-1-2-13-8(6)10-5-11/h1-2,5H,3-4H2,(H2,9,12). The molecule has 2 rings (SSSR count). The van der Waals surface area contributed by atoms with E-state index in [0.29, 0.717) is 0 Å². The van der Waals surface area contributed by atoms with Crippen molar-refractivity contribution in [3.05, 3.63) is 17.0 Å². The van der Waals surface area contributed by atoms with Crippen LogP contribution in [0.3, 0.4) is 0 Å². The molecule has 2 N–H and O–H groups in total. The van der Waals surface area contributed by atoms with Crippen LogP contribution >= 0.6 is 11.3 Å². The van der Waals surface area contributed by atoms with Crippen LogP contribution in [-0.4, -0.2) is 23.7 Å². The summed E-state index contributed by atoms with van der Waals surface area (Å²) in [4.78, 5) is 16.6. The fourth-order valence-electron chi connectivity index (χ4n) is 1.25. The maximum Gasteiger partial charge on any atom is 0.236 e. The number of nitrogens with two attached hydrogens (primary N) is 1. The van der Waals surface area contributed by atoms with Gasteiger partial charge < -0.3 is 10.6 Å². The van der Waals surface area contributed by atoms with Gasteiger partial charge in [-0.3, -0.25) is 4.79 Å². The summed E-state index contributed by atoms with van der Waals surface area (Å²) in [5.41, 5.74) is 6.24. The Morgan fingerprint density at radius 2 is 2.62 bits per heavy atom. The molecule has 2 heterocycles. The monoisotopic (exact) mass is 195 g/mol. The van der Waals surface area contributed by atoms with Gasteiger partial charge >= 0.3 is 0 Å². The van der Waals surface area contributed by atoms with E-state index in [2.05, 4.69) is 4.99 Å². The molecule has 1 aliphatic heterocycles. The van der Waals surface area contributed by atoms with E-state index in [0.717, 1.165) is 17.1 Å². The van der Waals surface area contributed by atoms with Crippen LogP contribution in [0.1, 0.15) is 5.56 Å². The number of carbonyl (C=O) groups excluding carboxylic acids is 1. The van der Waals surface area contributed by atoms with Gasteiger partial charge in [-0.2, -0.15) is 0 Å². The SMILES string of the molecule is NC(=O)CN1C=Nc2sccc2C1. The summed E-state index contributed by atoms with van der Waals surface area (Å²) in [6.45, 7) is 0.962. The lowest BCUT2D eigenvalue weighted by Crippen LogP contribution is -2.33. The Kier molecular flexibility index (Phi) is 2.02. The summed E-state index contributed by atoms with van der Waals surface area (Å²) >= 11 is 1.61. The molecule has 4 nitrogen and oxygen atoms in total. The van der Waals surface area contributed by atoms with Crippen LogP contribution in [0.4, 0.5) is 5.00 Å². The molecule has 13 heavy (non-hydrogen) atoms. The zero-order chi connectivity index (χ0) is 9.26. The Hall–Kier alpha value is -1.36. The van der Waals surface area contributed by atoms with Crippen molar-refractivity contribution >= 4 is 28.6 Å². The molecule has 68 valence electrons. The third kappa shape index (κ3) is 1.70. The van der Waals surface area contributed by atoms with E-state index in [4.69, 9.17) is 5.73 Å².